The minimum absolute atomic E-state index is 0.130. The summed E-state index contributed by atoms with van der Waals surface area (Å²) in [6.07, 6.45) is 0. The number of nitrogens with one attached hydrogen (secondary N) is 2. The zero-order valence-electron chi connectivity index (χ0n) is 16.2. The number of carbonyl (C=O) groups excluding carboxylic acids is 3. The minimum Gasteiger partial charge on any atom is -0.462 e. The van der Waals surface area contributed by atoms with Crippen molar-refractivity contribution in [3.05, 3.63) is 77.1 Å². The van der Waals surface area contributed by atoms with Crippen LogP contribution < -0.4 is 5.32 Å². The van der Waals surface area contributed by atoms with Crippen molar-refractivity contribution < 1.29 is 27.9 Å². The molecule has 2 aromatic carbocycles. The molecule has 30 heavy (non-hydrogen) atoms. The van der Waals surface area contributed by atoms with E-state index in [4.69, 9.17) is 4.74 Å². The summed E-state index contributed by atoms with van der Waals surface area (Å²) >= 11 is 0. The summed E-state index contributed by atoms with van der Waals surface area (Å²) in [7, 11) is 0. The predicted octanol–water partition coefficient (Wildman–Crippen LogP) is 4.27. The molecular weight excluding hydrogens is 394 g/mol. The van der Waals surface area contributed by atoms with Gasteiger partial charge in [0.1, 0.15) is 17.3 Å². The highest BCUT2D eigenvalue weighted by molar-refractivity contribution is 6.47. The second kappa shape index (κ2) is 8.69. The molecule has 0 saturated carbocycles. The Bertz CT molecular complexity index is 1120. The van der Waals surface area contributed by atoms with Crippen LogP contribution in [0.15, 0.2) is 48.5 Å². The third-order valence-corrected chi connectivity index (χ3v) is 4.34. The average molecular weight is 412 g/mol. The van der Waals surface area contributed by atoms with Crippen LogP contribution in [-0.2, 0) is 9.53 Å². The predicted molar refractivity (Wildman–Crippen MR) is 106 cm³/mol. The van der Waals surface area contributed by atoms with Crippen LogP contribution in [0.2, 0.25) is 0 Å². The largest absolute Gasteiger partial charge is 0.462 e. The van der Waals surface area contributed by atoms with Gasteiger partial charge in [0.25, 0.3) is 11.7 Å². The lowest BCUT2D eigenvalue weighted by atomic mass is 9.98. The SMILES string of the molecule is CCOC(=O)c1c(C)[nH]c(C(=O)C(=O)Nc2ccc(F)cc2F)c1-c1ccccc1. The number of aryl methyl sites for hydroxylation is 1. The number of anilines is 1. The van der Waals surface area contributed by atoms with Crippen molar-refractivity contribution in [3.8, 4) is 11.1 Å². The number of carbonyl (C=O) groups is 3. The number of esters is 1. The van der Waals surface area contributed by atoms with E-state index in [0.717, 1.165) is 12.1 Å². The molecule has 1 amide bonds. The van der Waals surface area contributed by atoms with Crippen LogP contribution >= 0.6 is 0 Å². The van der Waals surface area contributed by atoms with Gasteiger partial charge < -0.3 is 15.0 Å². The lowest BCUT2D eigenvalue weighted by Crippen LogP contribution is -2.24. The van der Waals surface area contributed by atoms with Crippen molar-refractivity contribution in [1.82, 2.24) is 4.98 Å². The van der Waals surface area contributed by atoms with Gasteiger partial charge in [-0.05, 0) is 31.5 Å². The van der Waals surface area contributed by atoms with Gasteiger partial charge in [-0.25, -0.2) is 13.6 Å². The Kier molecular flexibility index (Phi) is 6.06. The molecular formula is C22H18F2N2O4. The van der Waals surface area contributed by atoms with Gasteiger partial charge in [0.2, 0.25) is 0 Å². The summed E-state index contributed by atoms with van der Waals surface area (Å²) in [6.45, 7) is 3.36. The number of aromatic amines is 1. The van der Waals surface area contributed by atoms with E-state index in [9.17, 15) is 23.2 Å². The first-order chi connectivity index (χ1) is 14.3. The molecule has 1 aromatic heterocycles. The van der Waals surface area contributed by atoms with Gasteiger partial charge in [-0.1, -0.05) is 30.3 Å². The number of hydrogen-bond donors (Lipinski definition) is 2. The number of H-pyrrole nitrogens is 1. The fourth-order valence-electron chi connectivity index (χ4n) is 3.03. The quantitative estimate of drug-likeness (QED) is 0.360. The number of Topliss-reactive ketones (excluding diaryl/α,β-unsaturated/α-hetero) is 1. The Labute approximate surface area is 170 Å². The molecule has 154 valence electrons. The standard InChI is InChI=1S/C22H18F2N2O4/c1-3-30-22(29)17-12(2)25-19(18(17)13-7-5-4-6-8-13)20(27)21(28)26-16-10-9-14(23)11-15(16)24/h4-11,25H,3H2,1-2H3,(H,26,28). The second-order valence-electron chi connectivity index (χ2n) is 6.37. The molecule has 6 nitrogen and oxygen atoms in total. The monoisotopic (exact) mass is 412 g/mol. The van der Waals surface area contributed by atoms with E-state index in [1.165, 1.54) is 0 Å². The number of ketones is 1. The number of ether oxygens (including phenoxy) is 1. The van der Waals surface area contributed by atoms with Crippen molar-refractivity contribution in [3.63, 3.8) is 0 Å². The van der Waals surface area contributed by atoms with E-state index in [0.29, 0.717) is 17.3 Å². The number of amides is 1. The molecule has 0 fully saturated rings. The van der Waals surface area contributed by atoms with Gasteiger partial charge in [-0.2, -0.15) is 0 Å². The minimum atomic E-state index is -1.14. The van der Waals surface area contributed by atoms with Crippen LogP contribution in [0.3, 0.4) is 0 Å². The summed E-state index contributed by atoms with van der Waals surface area (Å²) < 4.78 is 32.0. The van der Waals surface area contributed by atoms with Crippen LogP contribution in [0.4, 0.5) is 14.5 Å². The molecule has 0 aliphatic rings. The molecule has 0 aliphatic carbocycles. The Morgan fingerprint density at radius 1 is 1.07 bits per heavy atom. The molecule has 8 heteroatoms. The van der Waals surface area contributed by atoms with E-state index in [-0.39, 0.29) is 29.1 Å². The first-order valence-corrected chi connectivity index (χ1v) is 9.09. The summed E-state index contributed by atoms with van der Waals surface area (Å²) in [5, 5.41) is 2.13. The molecule has 1 heterocycles. The first-order valence-electron chi connectivity index (χ1n) is 9.09. The smallest absolute Gasteiger partial charge is 0.340 e. The topological polar surface area (TPSA) is 88.3 Å². The summed E-state index contributed by atoms with van der Waals surface area (Å²) in [5.41, 5.74) is 0.732. The van der Waals surface area contributed by atoms with Crippen LogP contribution in [0.1, 0.15) is 33.5 Å². The summed E-state index contributed by atoms with van der Waals surface area (Å²) in [5.74, 6) is -4.64. The van der Waals surface area contributed by atoms with Crippen molar-refractivity contribution in [2.24, 2.45) is 0 Å². The highest BCUT2D eigenvalue weighted by Crippen LogP contribution is 2.31. The Morgan fingerprint density at radius 3 is 2.40 bits per heavy atom. The van der Waals surface area contributed by atoms with E-state index in [1.807, 2.05) is 0 Å². The number of benzene rings is 2. The van der Waals surface area contributed by atoms with Crippen molar-refractivity contribution in [2.45, 2.75) is 13.8 Å². The Balaban J connectivity index is 2.04. The molecule has 3 aromatic rings. The van der Waals surface area contributed by atoms with Gasteiger partial charge >= 0.3 is 5.97 Å². The normalized spacial score (nSPS) is 10.5. The molecule has 0 bridgehead atoms. The lowest BCUT2D eigenvalue weighted by Gasteiger charge is -2.09. The Morgan fingerprint density at radius 2 is 1.77 bits per heavy atom. The highest BCUT2D eigenvalue weighted by Gasteiger charge is 2.30. The zero-order chi connectivity index (χ0) is 21.8. The maximum Gasteiger partial charge on any atom is 0.340 e. The molecule has 0 saturated heterocycles. The third-order valence-electron chi connectivity index (χ3n) is 4.34. The van der Waals surface area contributed by atoms with E-state index in [2.05, 4.69) is 10.3 Å². The third kappa shape index (κ3) is 4.12. The Hall–Kier alpha value is -3.81. The fraction of sp³-hybridized carbons (Fsp3) is 0.136. The highest BCUT2D eigenvalue weighted by atomic mass is 19.1. The first kappa shape index (κ1) is 20.9. The summed E-state index contributed by atoms with van der Waals surface area (Å²) in [6, 6.07) is 11.1. The molecule has 3 rings (SSSR count). The lowest BCUT2D eigenvalue weighted by molar-refractivity contribution is -0.112. The number of halogens is 2. The zero-order valence-corrected chi connectivity index (χ0v) is 16.2. The van der Waals surface area contributed by atoms with Gasteiger partial charge in [-0.3, -0.25) is 9.59 Å². The van der Waals surface area contributed by atoms with Gasteiger partial charge in [0.05, 0.1) is 17.9 Å². The fourth-order valence-corrected chi connectivity index (χ4v) is 3.03. The van der Waals surface area contributed by atoms with Gasteiger partial charge in [0.15, 0.2) is 0 Å². The molecule has 0 unspecified atom stereocenters. The maximum atomic E-state index is 13.8. The summed E-state index contributed by atoms with van der Waals surface area (Å²) in [4.78, 5) is 40.6. The average Bonchev–Trinajstić information content (AvgIpc) is 3.07. The van der Waals surface area contributed by atoms with Crippen molar-refractivity contribution in [1.29, 1.82) is 0 Å². The molecule has 2 N–H and O–H groups in total. The van der Waals surface area contributed by atoms with E-state index >= 15 is 0 Å². The molecule has 0 aliphatic heterocycles. The van der Waals surface area contributed by atoms with E-state index < -0.39 is 29.3 Å². The van der Waals surface area contributed by atoms with Crippen LogP contribution in [0.25, 0.3) is 11.1 Å². The van der Waals surface area contributed by atoms with Crippen LogP contribution in [-0.4, -0.2) is 29.3 Å². The second-order valence-corrected chi connectivity index (χ2v) is 6.37. The maximum absolute atomic E-state index is 13.8. The molecule has 0 spiro atoms. The van der Waals surface area contributed by atoms with Crippen LogP contribution in [0.5, 0.6) is 0 Å². The van der Waals surface area contributed by atoms with Gasteiger partial charge in [-0.15, -0.1) is 0 Å². The number of aromatic nitrogens is 1. The number of hydrogen-bond acceptors (Lipinski definition) is 4. The molecule has 0 atom stereocenters. The molecule has 0 radical (unpaired) electrons. The van der Waals surface area contributed by atoms with Gasteiger partial charge in [0, 0.05) is 17.3 Å². The van der Waals surface area contributed by atoms with Crippen molar-refractivity contribution in [2.75, 3.05) is 11.9 Å². The number of rotatable bonds is 6. The van der Waals surface area contributed by atoms with Crippen molar-refractivity contribution >= 4 is 23.3 Å². The van der Waals surface area contributed by atoms with Crippen LogP contribution in [0, 0.1) is 18.6 Å². The van der Waals surface area contributed by atoms with E-state index in [1.54, 1.807) is 44.2 Å².